The van der Waals surface area contributed by atoms with Gasteiger partial charge in [-0.1, -0.05) is 36.8 Å². The van der Waals surface area contributed by atoms with Crippen LogP contribution in [0.2, 0.25) is 0 Å². The number of unbranched alkanes of at least 4 members (excludes halogenated alkanes) is 2. The Kier molecular flexibility index (Phi) is 9.19. The largest absolute Gasteiger partial charge is 0.497 e. The van der Waals surface area contributed by atoms with Crippen molar-refractivity contribution in [3.63, 3.8) is 0 Å². The highest BCUT2D eigenvalue weighted by Crippen LogP contribution is 2.22. The van der Waals surface area contributed by atoms with Crippen molar-refractivity contribution < 1.29 is 14.3 Å². The van der Waals surface area contributed by atoms with E-state index in [9.17, 15) is 4.79 Å². The summed E-state index contributed by atoms with van der Waals surface area (Å²) in [7, 11) is 1.60. The van der Waals surface area contributed by atoms with Crippen molar-refractivity contribution in [2.75, 3.05) is 20.3 Å². The van der Waals surface area contributed by atoms with E-state index >= 15 is 0 Å². The molecule has 1 aromatic heterocycles. The molecule has 0 aliphatic rings. The lowest BCUT2D eigenvalue weighted by molar-refractivity contribution is 0.0952. The summed E-state index contributed by atoms with van der Waals surface area (Å²) in [5.41, 5.74) is 5.29. The van der Waals surface area contributed by atoms with Crippen LogP contribution in [-0.4, -0.2) is 35.7 Å². The molecule has 0 saturated heterocycles. The van der Waals surface area contributed by atoms with Gasteiger partial charge in [0.15, 0.2) is 0 Å². The molecule has 0 fully saturated rings. The Bertz CT molecular complexity index is 1330. The SMILES string of the molecule is COc1cccc(C(=O)NCCCCCc2nc3ccccc3n2CCCOc2cccc(C)c2C)c1. The number of ether oxygens (including phenoxy) is 2. The fraction of sp³-hybridized carbons (Fsp3) is 0.355. The number of nitrogens with one attached hydrogen (secondary N) is 1. The number of carbonyl (C=O) groups excluding carboxylic acids is 1. The number of benzene rings is 3. The number of aryl methyl sites for hydroxylation is 3. The van der Waals surface area contributed by atoms with Gasteiger partial charge in [0.05, 0.1) is 24.8 Å². The second kappa shape index (κ2) is 12.9. The summed E-state index contributed by atoms with van der Waals surface area (Å²) in [4.78, 5) is 17.3. The molecule has 0 bridgehead atoms. The molecule has 0 unspecified atom stereocenters. The Labute approximate surface area is 219 Å². The van der Waals surface area contributed by atoms with Gasteiger partial charge in [-0.05, 0) is 80.6 Å². The van der Waals surface area contributed by atoms with Crippen LogP contribution in [0, 0.1) is 13.8 Å². The van der Waals surface area contributed by atoms with Gasteiger partial charge in [-0.25, -0.2) is 4.98 Å². The Morgan fingerprint density at radius 1 is 0.946 bits per heavy atom. The number of hydrogen-bond donors (Lipinski definition) is 1. The van der Waals surface area contributed by atoms with E-state index in [4.69, 9.17) is 14.5 Å². The normalized spacial score (nSPS) is 11.0. The number of imidazole rings is 1. The Morgan fingerprint density at radius 2 is 1.78 bits per heavy atom. The van der Waals surface area contributed by atoms with E-state index in [0.717, 1.165) is 55.7 Å². The smallest absolute Gasteiger partial charge is 0.251 e. The second-order valence-corrected chi connectivity index (χ2v) is 9.37. The number of fused-ring (bicyclic) bond motifs is 1. The summed E-state index contributed by atoms with van der Waals surface area (Å²) in [5.74, 6) is 2.71. The molecule has 1 N–H and O–H groups in total. The molecule has 6 nitrogen and oxygen atoms in total. The molecule has 194 valence electrons. The number of aromatic nitrogens is 2. The Hall–Kier alpha value is -3.80. The maximum absolute atomic E-state index is 12.4. The van der Waals surface area contributed by atoms with Gasteiger partial charge >= 0.3 is 0 Å². The number of carbonyl (C=O) groups is 1. The third kappa shape index (κ3) is 6.91. The number of hydrogen-bond acceptors (Lipinski definition) is 4. The number of methoxy groups -OCH3 is 1. The quantitative estimate of drug-likeness (QED) is 0.220. The maximum Gasteiger partial charge on any atom is 0.251 e. The molecular formula is C31H37N3O3. The lowest BCUT2D eigenvalue weighted by atomic mass is 10.1. The summed E-state index contributed by atoms with van der Waals surface area (Å²) in [5, 5.41) is 3.01. The van der Waals surface area contributed by atoms with E-state index < -0.39 is 0 Å². The molecule has 0 radical (unpaired) electrons. The van der Waals surface area contributed by atoms with Crippen LogP contribution in [0.1, 0.15) is 53.0 Å². The minimum absolute atomic E-state index is 0.0660. The zero-order valence-corrected chi connectivity index (χ0v) is 22.1. The van der Waals surface area contributed by atoms with E-state index in [1.54, 1.807) is 19.2 Å². The molecule has 1 amide bonds. The van der Waals surface area contributed by atoms with Gasteiger partial charge in [-0.3, -0.25) is 4.79 Å². The third-order valence-electron chi connectivity index (χ3n) is 6.77. The second-order valence-electron chi connectivity index (χ2n) is 9.37. The van der Waals surface area contributed by atoms with E-state index in [-0.39, 0.29) is 5.91 Å². The van der Waals surface area contributed by atoms with Crippen LogP contribution in [-0.2, 0) is 13.0 Å². The first-order valence-electron chi connectivity index (χ1n) is 13.1. The molecule has 0 spiro atoms. The van der Waals surface area contributed by atoms with Gasteiger partial charge in [0, 0.05) is 25.1 Å². The molecule has 6 heteroatoms. The molecule has 1 heterocycles. The van der Waals surface area contributed by atoms with Gasteiger partial charge in [0.1, 0.15) is 17.3 Å². The highest BCUT2D eigenvalue weighted by Gasteiger charge is 2.11. The average molecular weight is 500 g/mol. The van der Waals surface area contributed by atoms with Crippen LogP contribution in [0.5, 0.6) is 11.5 Å². The van der Waals surface area contributed by atoms with Crippen LogP contribution >= 0.6 is 0 Å². The van der Waals surface area contributed by atoms with E-state index in [1.165, 1.54) is 16.6 Å². The molecule has 4 rings (SSSR count). The Balaban J connectivity index is 1.25. The van der Waals surface area contributed by atoms with Gasteiger partial charge in [-0.2, -0.15) is 0 Å². The highest BCUT2D eigenvalue weighted by molar-refractivity contribution is 5.94. The van der Waals surface area contributed by atoms with Gasteiger partial charge in [0.25, 0.3) is 5.91 Å². The first-order valence-corrected chi connectivity index (χ1v) is 13.1. The number of nitrogens with zero attached hydrogens (tertiary/aromatic N) is 2. The monoisotopic (exact) mass is 499 g/mol. The van der Waals surface area contributed by atoms with Crippen LogP contribution in [0.4, 0.5) is 0 Å². The standard InChI is InChI=1S/C31H37N3O3/c1-23-12-9-17-29(24(23)2)37-21-11-20-34-28-16-7-6-15-27(28)33-30(34)18-5-4-8-19-32-31(35)25-13-10-14-26(22-25)36-3/h6-7,9-10,12-17,22H,4-5,8,11,18-21H2,1-3H3,(H,32,35). The predicted molar refractivity (Wildman–Crippen MR) is 149 cm³/mol. The topological polar surface area (TPSA) is 65.4 Å². The number of rotatable bonds is 13. The first kappa shape index (κ1) is 26.3. The number of amides is 1. The van der Waals surface area contributed by atoms with Crippen molar-refractivity contribution in [2.24, 2.45) is 0 Å². The summed E-state index contributed by atoms with van der Waals surface area (Å²) in [6.07, 6.45) is 4.81. The minimum Gasteiger partial charge on any atom is -0.497 e. The average Bonchev–Trinajstić information content (AvgIpc) is 3.28. The zero-order chi connectivity index (χ0) is 26.0. The minimum atomic E-state index is -0.0660. The van der Waals surface area contributed by atoms with Crippen molar-refractivity contribution in [1.29, 1.82) is 0 Å². The summed E-state index contributed by atoms with van der Waals surface area (Å²) in [6, 6.07) is 21.8. The zero-order valence-electron chi connectivity index (χ0n) is 22.1. The third-order valence-corrected chi connectivity index (χ3v) is 6.77. The number of para-hydroxylation sites is 2. The molecule has 4 aromatic rings. The van der Waals surface area contributed by atoms with Crippen LogP contribution in [0.25, 0.3) is 11.0 Å². The van der Waals surface area contributed by atoms with Crippen molar-refractivity contribution in [3.8, 4) is 11.5 Å². The predicted octanol–water partition coefficient (Wildman–Crippen LogP) is 6.27. The summed E-state index contributed by atoms with van der Waals surface area (Å²) in [6.45, 7) is 6.42. The molecule has 0 atom stereocenters. The van der Waals surface area contributed by atoms with Crippen LogP contribution in [0.15, 0.2) is 66.7 Å². The van der Waals surface area contributed by atoms with Crippen molar-refractivity contribution in [1.82, 2.24) is 14.9 Å². The first-order chi connectivity index (χ1) is 18.1. The van der Waals surface area contributed by atoms with Crippen molar-refractivity contribution in [3.05, 3.63) is 89.2 Å². The summed E-state index contributed by atoms with van der Waals surface area (Å²) >= 11 is 0. The van der Waals surface area contributed by atoms with Crippen molar-refractivity contribution in [2.45, 2.75) is 52.5 Å². The lowest BCUT2D eigenvalue weighted by Crippen LogP contribution is -2.24. The molecule has 0 aliphatic heterocycles. The van der Waals surface area contributed by atoms with Gasteiger partial charge < -0.3 is 19.4 Å². The maximum atomic E-state index is 12.4. The molecule has 37 heavy (non-hydrogen) atoms. The van der Waals surface area contributed by atoms with Crippen LogP contribution < -0.4 is 14.8 Å². The highest BCUT2D eigenvalue weighted by atomic mass is 16.5. The Morgan fingerprint density at radius 3 is 2.65 bits per heavy atom. The molecule has 0 aliphatic carbocycles. The van der Waals surface area contributed by atoms with Crippen LogP contribution in [0.3, 0.4) is 0 Å². The van der Waals surface area contributed by atoms with Gasteiger partial charge in [0.2, 0.25) is 0 Å². The van der Waals surface area contributed by atoms with Gasteiger partial charge in [-0.15, -0.1) is 0 Å². The molecular weight excluding hydrogens is 462 g/mol. The van der Waals surface area contributed by atoms with E-state index in [0.29, 0.717) is 24.5 Å². The lowest BCUT2D eigenvalue weighted by Gasteiger charge is -2.13. The molecule has 3 aromatic carbocycles. The fourth-order valence-corrected chi connectivity index (χ4v) is 4.50. The summed E-state index contributed by atoms with van der Waals surface area (Å²) < 4.78 is 13.6. The van der Waals surface area contributed by atoms with E-state index in [2.05, 4.69) is 48.0 Å². The fourth-order valence-electron chi connectivity index (χ4n) is 4.50. The van der Waals surface area contributed by atoms with E-state index in [1.807, 2.05) is 30.3 Å². The molecule has 0 saturated carbocycles. The van der Waals surface area contributed by atoms with Crippen molar-refractivity contribution >= 4 is 16.9 Å².